The van der Waals surface area contributed by atoms with Crippen LogP contribution in [-0.2, 0) is 4.79 Å². The van der Waals surface area contributed by atoms with Crippen LogP contribution in [0.15, 0.2) is 30.3 Å². The highest BCUT2D eigenvalue weighted by molar-refractivity contribution is 5.85. The highest BCUT2D eigenvalue weighted by Gasteiger charge is 2.39. The first-order valence-electron chi connectivity index (χ1n) is 8.58. The van der Waals surface area contributed by atoms with Gasteiger partial charge in [-0.25, -0.2) is 0 Å². The predicted octanol–water partition coefficient (Wildman–Crippen LogP) is 1.22. The van der Waals surface area contributed by atoms with E-state index in [4.69, 9.17) is 5.73 Å². The van der Waals surface area contributed by atoms with E-state index < -0.39 is 5.54 Å². The second kappa shape index (κ2) is 6.59. The van der Waals surface area contributed by atoms with Crippen LogP contribution >= 0.6 is 0 Å². The Labute approximate surface area is 138 Å². The second-order valence-corrected chi connectivity index (χ2v) is 7.44. The number of carbonyl (C=O) groups is 1. The summed E-state index contributed by atoms with van der Waals surface area (Å²) in [6.07, 6.45) is 2.20. The van der Waals surface area contributed by atoms with Gasteiger partial charge in [0, 0.05) is 31.6 Å². The molecule has 5 heteroatoms. The molecule has 0 saturated carbocycles. The molecule has 0 radical (unpaired) electrons. The number of likely N-dealkylation sites (tertiary alicyclic amines) is 1. The van der Waals surface area contributed by atoms with Crippen molar-refractivity contribution in [3.8, 4) is 0 Å². The molecule has 1 aromatic carbocycles. The van der Waals surface area contributed by atoms with Crippen LogP contribution in [0.2, 0.25) is 0 Å². The van der Waals surface area contributed by atoms with E-state index >= 15 is 0 Å². The van der Waals surface area contributed by atoms with Crippen molar-refractivity contribution in [2.45, 2.75) is 44.2 Å². The zero-order chi connectivity index (χ0) is 16.4. The van der Waals surface area contributed by atoms with Gasteiger partial charge in [-0.3, -0.25) is 15.6 Å². The summed E-state index contributed by atoms with van der Waals surface area (Å²) >= 11 is 0. The molecule has 23 heavy (non-hydrogen) atoms. The molecule has 2 saturated heterocycles. The number of nitrogens with one attached hydrogen (secondary N) is 2. The van der Waals surface area contributed by atoms with Gasteiger partial charge in [-0.15, -0.1) is 0 Å². The van der Waals surface area contributed by atoms with E-state index in [0.717, 1.165) is 32.5 Å². The van der Waals surface area contributed by atoms with E-state index in [2.05, 4.69) is 41.2 Å². The molecular weight excluding hydrogens is 288 g/mol. The van der Waals surface area contributed by atoms with Crippen molar-refractivity contribution in [1.82, 2.24) is 15.8 Å². The van der Waals surface area contributed by atoms with Gasteiger partial charge in [0.15, 0.2) is 0 Å². The number of carbonyl (C=O) groups excluding carboxylic acids is 1. The minimum Gasteiger partial charge on any atom is -0.341 e. The Hall–Kier alpha value is -1.43. The van der Waals surface area contributed by atoms with Crippen LogP contribution in [0.25, 0.3) is 0 Å². The van der Waals surface area contributed by atoms with Gasteiger partial charge in [0.05, 0.1) is 5.54 Å². The van der Waals surface area contributed by atoms with Crippen LogP contribution in [0.5, 0.6) is 0 Å². The van der Waals surface area contributed by atoms with Crippen LogP contribution < -0.4 is 16.6 Å². The number of hydrogen-bond acceptors (Lipinski definition) is 4. The van der Waals surface area contributed by atoms with Gasteiger partial charge < -0.3 is 10.6 Å². The SMILES string of the molecule is CC(C)(N)C(=O)N1CCCC(C2NNCC2c2ccccc2)C1. The maximum absolute atomic E-state index is 12.5. The lowest BCUT2D eigenvalue weighted by Gasteiger charge is -2.39. The molecule has 0 aliphatic carbocycles. The number of nitrogens with zero attached hydrogens (tertiary/aromatic N) is 1. The maximum Gasteiger partial charge on any atom is 0.242 e. The summed E-state index contributed by atoms with van der Waals surface area (Å²) in [4.78, 5) is 14.5. The minimum atomic E-state index is -0.790. The minimum absolute atomic E-state index is 0.0596. The Morgan fingerprint density at radius 2 is 2.04 bits per heavy atom. The summed E-state index contributed by atoms with van der Waals surface area (Å²) in [6.45, 7) is 6.14. The van der Waals surface area contributed by atoms with Crippen molar-refractivity contribution in [3.05, 3.63) is 35.9 Å². The van der Waals surface area contributed by atoms with E-state index in [-0.39, 0.29) is 5.91 Å². The van der Waals surface area contributed by atoms with Crippen molar-refractivity contribution in [3.63, 3.8) is 0 Å². The second-order valence-electron chi connectivity index (χ2n) is 7.44. The molecule has 3 unspecified atom stereocenters. The summed E-state index contributed by atoms with van der Waals surface area (Å²) in [7, 11) is 0. The predicted molar refractivity (Wildman–Crippen MR) is 91.7 cm³/mol. The average molecular weight is 316 g/mol. The van der Waals surface area contributed by atoms with Gasteiger partial charge in [-0.2, -0.15) is 0 Å². The molecule has 126 valence electrons. The molecule has 2 heterocycles. The van der Waals surface area contributed by atoms with Gasteiger partial charge in [0.1, 0.15) is 0 Å². The number of hydrazine groups is 1. The summed E-state index contributed by atoms with van der Waals surface area (Å²) in [6, 6.07) is 11.0. The fraction of sp³-hybridized carbons (Fsp3) is 0.611. The van der Waals surface area contributed by atoms with E-state index in [0.29, 0.717) is 17.9 Å². The van der Waals surface area contributed by atoms with E-state index in [9.17, 15) is 4.79 Å². The van der Waals surface area contributed by atoms with Crippen LogP contribution in [0, 0.1) is 5.92 Å². The number of amides is 1. The lowest BCUT2D eigenvalue weighted by Crippen LogP contribution is -2.55. The fourth-order valence-electron chi connectivity index (χ4n) is 3.88. The smallest absolute Gasteiger partial charge is 0.242 e. The lowest BCUT2D eigenvalue weighted by molar-refractivity contribution is -0.137. The molecule has 3 atom stereocenters. The third-order valence-electron chi connectivity index (χ3n) is 5.06. The first kappa shape index (κ1) is 16.4. The van der Waals surface area contributed by atoms with E-state index in [1.54, 1.807) is 13.8 Å². The first-order chi connectivity index (χ1) is 11.0. The van der Waals surface area contributed by atoms with Crippen molar-refractivity contribution in [2.75, 3.05) is 19.6 Å². The average Bonchev–Trinajstić information content (AvgIpc) is 3.04. The number of rotatable bonds is 3. The molecule has 0 spiro atoms. The zero-order valence-electron chi connectivity index (χ0n) is 14.1. The molecule has 0 bridgehead atoms. The van der Waals surface area contributed by atoms with Crippen LogP contribution in [0.4, 0.5) is 0 Å². The molecule has 1 amide bonds. The number of piperidine rings is 1. The monoisotopic (exact) mass is 316 g/mol. The number of nitrogens with two attached hydrogens (primary N) is 1. The van der Waals surface area contributed by atoms with Gasteiger partial charge in [-0.05, 0) is 38.2 Å². The van der Waals surface area contributed by atoms with Gasteiger partial charge in [-0.1, -0.05) is 30.3 Å². The van der Waals surface area contributed by atoms with Gasteiger partial charge >= 0.3 is 0 Å². The van der Waals surface area contributed by atoms with Gasteiger partial charge in [0.2, 0.25) is 5.91 Å². The van der Waals surface area contributed by atoms with E-state index in [1.165, 1.54) is 5.56 Å². The topological polar surface area (TPSA) is 70.4 Å². The van der Waals surface area contributed by atoms with Crippen LogP contribution in [0.3, 0.4) is 0 Å². The highest BCUT2D eigenvalue weighted by atomic mass is 16.2. The normalized spacial score (nSPS) is 28.8. The van der Waals surface area contributed by atoms with Crippen LogP contribution in [0.1, 0.15) is 38.2 Å². The molecule has 3 rings (SSSR count). The molecule has 0 aromatic heterocycles. The summed E-state index contributed by atoms with van der Waals surface area (Å²) in [5.74, 6) is 0.960. The Morgan fingerprint density at radius 3 is 2.74 bits per heavy atom. The quantitative estimate of drug-likeness (QED) is 0.784. The molecule has 2 fully saturated rings. The van der Waals surface area contributed by atoms with Crippen LogP contribution in [-0.4, -0.2) is 42.0 Å². The third kappa shape index (κ3) is 3.57. The Morgan fingerprint density at radius 1 is 1.30 bits per heavy atom. The molecule has 4 N–H and O–H groups in total. The highest BCUT2D eigenvalue weighted by Crippen LogP contribution is 2.32. The standard InChI is InChI=1S/C18H28N4O/c1-18(2,19)17(23)22-10-6-9-14(12-22)16-15(11-20-21-16)13-7-4-3-5-8-13/h3-5,7-8,14-16,20-21H,6,9-12,19H2,1-2H3. The molecule has 2 aliphatic rings. The van der Waals surface area contributed by atoms with Crippen molar-refractivity contribution < 1.29 is 4.79 Å². The summed E-state index contributed by atoms with van der Waals surface area (Å²) < 4.78 is 0. The summed E-state index contributed by atoms with van der Waals surface area (Å²) in [5.41, 5.74) is 13.3. The summed E-state index contributed by atoms with van der Waals surface area (Å²) in [5, 5.41) is 0. The van der Waals surface area contributed by atoms with Crippen molar-refractivity contribution in [2.24, 2.45) is 11.7 Å². The largest absolute Gasteiger partial charge is 0.341 e. The Balaban J connectivity index is 1.72. The zero-order valence-corrected chi connectivity index (χ0v) is 14.1. The first-order valence-corrected chi connectivity index (χ1v) is 8.58. The molecular formula is C18H28N4O. The third-order valence-corrected chi connectivity index (χ3v) is 5.06. The molecule has 2 aliphatic heterocycles. The number of benzene rings is 1. The Kier molecular flexibility index (Phi) is 4.71. The van der Waals surface area contributed by atoms with E-state index in [1.807, 2.05) is 4.90 Å². The van der Waals surface area contributed by atoms with Crippen molar-refractivity contribution in [1.29, 1.82) is 0 Å². The Bertz CT molecular complexity index is 540. The van der Waals surface area contributed by atoms with Crippen molar-refractivity contribution >= 4 is 5.91 Å². The maximum atomic E-state index is 12.5. The van der Waals surface area contributed by atoms with Gasteiger partial charge in [0.25, 0.3) is 0 Å². The fourth-order valence-corrected chi connectivity index (χ4v) is 3.88. The molecule has 5 nitrogen and oxygen atoms in total. The number of hydrogen-bond donors (Lipinski definition) is 3. The lowest BCUT2D eigenvalue weighted by atomic mass is 9.81. The molecule has 1 aromatic rings.